The van der Waals surface area contributed by atoms with Gasteiger partial charge in [0.05, 0.1) is 6.61 Å². The minimum Gasteiger partial charge on any atom is -0.489 e. The molecule has 1 N–H and O–H groups in total. The Kier molecular flexibility index (Phi) is 7.51. The van der Waals surface area contributed by atoms with Crippen molar-refractivity contribution in [2.75, 3.05) is 13.2 Å². The first kappa shape index (κ1) is 19.2. The summed E-state index contributed by atoms with van der Waals surface area (Å²) in [6.45, 7) is 2.77. The van der Waals surface area contributed by atoms with Crippen LogP contribution in [0.25, 0.3) is 0 Å². The maximum absolute atomic E-state index is 5.98. The molecule has 0 bridgehead atoms. The molecule has 0 amide bonds. The van der Waals surface area contributed by atoms with Crippen molar-refractivity contribution < 1.29 is 9.47 Å². The smallest absolute Gasteiger partial charge is 0.213 e. The van der Waals surface area contributed by atoms with Crippen molar-refractivity contribution in [3.8, 4) is 11.6 Å². The Bertz CT molecular complexity index is 810. The molecule has 3 rings (SSSR count). The lowest BCUT2D eigenvalue weighted by Gasteiger charge is -2.12. The normalized spacial score (nSPS) is 10.6. The van der Waals surface area contributed by atoms with Crippen molar-refractivity contribution in [3.05, 3.63) is 89.1 Å². The van der Waals surface area contributed by atoms with Crippen LogP contribution in [0.4, 0.5) is 0 Å². The molecule has 0 aliphatic carbocycles. The van der Waals surface area contributed by atoms with Crippen LogP contribution in [-0.2, 0) is 13.2 Å². The molecule has 0 saturated heterocycles. The lowest BCUT2D eigenvalue weighted by atomic mass is 10.2. The molecule has 4 nitrogen and oxygen atoms in total. The molecule has 3 aromatic rings. The molecule has 5 heteroatoms. The standard InChI is InChI=1S/C22H23ClN2O2/c23-20-11-9-18(10-12-20)17-27-21-7-2-1-6-19(21)16-24-13-5-15-26-22-8-3-4-14-25-22/h1-4,6-12,14,24H,5,13,15-17H2. The van der Waals surface area contributed by atoms with E-state index in [2.05, 4.69) is 16.4 Å². The van der Waals surface area contributed by atoms with E-state index >= 15 is 0 Å². The zero-order chi connectivity index (χ0) is 18.7. The molecule has 0 aliphatic heterocycles. The van der Waals surface area contributed by atoms with Crippen LogP contribution in [0.3, 0.4) is 0 Å². The summed E-state index contributed by atoms with van der Waals surface area (Å²) < 4.78 is 11.6. The predicted octanol–water partition coefficient (Wildman–Crippen LogP) is 4.87. The molecular formula is C22H23ClN2O2. The van der Waals surface area contributed by atoms with E-state index in [0.717, 1.165) is 41.4 Å². The van der Waals surface area contributed by atoms with Crippen molar-refractivity contribution in [2.45, 2.75) is 19.6 Å². The summed E-state index contributed by atoms with van der Waals surface area (Å²) in [5.74, 6) is 1.56. The Morgan fingerprint density at radius 1 is 0.889 bits per heavy atom. The molecule has 27 heavy (non-hydrogen) atoms. The van der Waals surface area contributed by atoms with Crippen molar-refractivity contribution in [1.29, 1.82) is 0 Å². The minimum absolute atomic E-state index is 0.520. The maximum Gasteiger partial charge on any atom is 0.213 e. The fourth-order valence-electron chi connectivity index (χ4n) is 2.56. The third kappa shape index (κ3) is 6.59. The van der Waals surface area contributed by atoms with E-state index < -0.39 is 0 Å². The number of ether oxygens (including phenoxy) is 2. The van der Waals surface area contributed by atoms with Crippen molar-refractivity contribution in [3.63, 3.8) is 0 Å². The van der Waals surface area contributed by atoms with Crippen LogP contribution in [0.5, 0.6) is 11.6 Å². The quantitative estimate of drug-likeness (QED) is 0.508. The first-order valence-electron chi connectivity index (χ1n) is 9.01. The number of aromatic nitrogens is 1. The second kappa shape index (κ2) is 10.6. The number of para-hydroxylation sites is 1. The number of nitrogens with one attached hydrogen (secondary N) is 1. The Balaban J connectivity index is 1.40. The lowest BCUT2D eigenvalue weighted by Crippen LogP contribution is -2.17. The Hall–Kier alpha value is -2.56. The van der Waals surface area contributed by atoms with Crippen LogP contribution in [0, 0.1) is 0 Å². The van der Waals surface area contributed by atoms with Gasteiger partial charge in [-0.15, -0.1) is 0 Å². The highest BCUT2D eigenvalue weighted by Crippen LogP contribution is 2.20. The van der Waals surface area contributed by atoms with Crippen LogP contribution in [0.1, 0.15) is 17.5 Å². The topological polar surface area (TPSA) is 43.4 Å². The summed E-state index contributed by atoms with van der Waals surface area (Å²) >= 11 is 5.92. The highest BCUT2D eigenvalue weighted by molar-refractivity contribution is 6.30. The van der Waals surface area contributed by atoms with Gasteiger partial charge in [0.1, 0.15) is 12.4 Å². The van der Waals surface area contributed by atoms with Gasteiger partial charge in [-0.3, -0.25) is 0 Å². The molecule has 0 spiro atoms. The molecule has 0 fully saturated rings. The Morgan fingerprint density at radius 2 is 1.70 bits per heavy atom. The second-order valence-electron chi connectivity index (χ2n) is 6.07. The van der Waals surface area contributed by atoms with E-state index in [9.17, 15) is 0 Å². The molecule has 0 unspecified atom stereocenters. The van der Waals surface area contributed by atoms with Crippen LogP contribution < -0.4 is 14.8 Å². The van der Waals surface area contributed by atoms with Gasteiger partial charge in [-0.25, -0.2) is 4.98 Å². The molecular weight excluding hydrogens is 360 g/mol. The molecule has 0 atom stereocenters. The molecule has 2 aromatic carbocycles. The molecule has 1 heterocycles. The third-order valence-electron chi connectivity index (χ3n) is 3.98. The van der Waals surface area contributed by atoms with E-state index in [-0.39, 0.29) is 0 Å². The SMILES string of the molecule is Clc1ccc(COc2ccccc2CNCCCOc2ccccn2)cc1. The van der Waals surface area contributed by atoms with Crippen molar-refractivity contribution in [1.82, 2.24) is 10.3 Å². The van der Waals surface area contributed by atoms with E-state index in [1.54, 1.807) is 6.20 Å². The molecule has 140 valence electrons. The average Bonchev–Trinajstić information content (AvgIpc) is 2.72. The molecule has 1 aromatic heterocycles. The number of hydrogen-bond acceptors (Lipinski definition) is 4. The van der Waals surface area contributed by atoms with Crippen molar-refractivity contribution in [2.24, 2.45) is 0 Å². The fraction of sp³-hybridized carbons (Fsp3) is 0.227. The largest absolute Gasteiger partial charge is 0.489 e. The van der Waals surface area contributed by atoms with Crippen LogP contribution in [0.2, 0.25) is 5.02 Å². The first-order valence-corrected chi connectivity index (χ1v) is 9.39. The van der Waals surface area contributed by atoms with Gasteiger partial charge in [0.25, 0.3) is 0 Å². The lowest BCUT2D eigenvalue weighted by molar-refractivity contribution is 0.294. The third-order valence-corrected chi connectivity index (χ3v) is 4.23. The van der Waals surface area contributed by atoms with Crippen LogP contribution in [-0.4, -0.2) is 18.1 Å². The number of nitrogens with zero attached hydrogens (tertiary/aromatic N) is 1. The highest BCUT2D eigenvalue weighted by Gasteiger charge is 2.03. The van der Waals surface area contributed by atoms with Crippen molar-refractivity contribution >= 4 is 11.6 Å². The van der Waals surface area contributed by atoms with Gasteiger partial charge >= 0.3 is 0 Å². The average molecular weight is 383 g/mol. The van der Waals surface area contributed by atoms with E-state index in [1.807, 2.05) is 60.7 Å². The zero-order valence-corrected chi connectivity index (χ0v) is 15.9. The van der Waals surface area contributed by atoms with Gasteiger partial charge in [0, 0.05) is 29.4 Å². The number of hydrogen-bond donors (Lipinski definition) is 1. The van der Waals surface area contributed by atoms with Gasteiger partial charge in [0.15, 0.2) is 0 Å². The van der Waals surface area contributed by atoms with E-state index in [0.29, 0.717) is 19.1 Å². The van der Waals surface area contributed by atoms with E-state index in [1.165, 1.54) is 0 Å². The number of rotatable bonds is 10. The number of pyridine rings is 1. The summed E-state index contributed by atoms with van der Waals surface area (Å²) in [4.78, 5) is 4.14. The van der Waals surface area contributed by atoms with Crippen LogP contribution in [0.15, 0.2) is 72.9 Å². The Labute approximate surface area is 165 Å². The summed E-state index contributed by atoms with van der Waals surface area (Å²) in [5, 5.41) is 4.17. The van der Waals surface area contributed by atoms with Gasteiger partial charge in [0.2, 0.25) is 5.88 Å². The second-order valence-corrected chi connectivity index (χ2v) is 6.51. The molecule has 0 radical (unpaired) electrons. The van der Waals surface area contributed by atoms with Gasteiger partial charge in [-0.05, 0) is 42.8 Å². The maximum atomic E-state index is 5.98. The fourth-order valence-corrected chi connectivity index (χ4v) is 2.69. The summed E-state index contributed by atoms with van der Waals surface area (Å²) in [6.07, 6.45) is 2.64. The highest BCUT2D eigenvalue weighted by atomic mass is 35.5. The summed E-state index contributed by atoms with van der Waals surface area (Å²) in [6, 6.07) is 21.4. The van der Waals surface area contributed by atoms with Gasteiger partial charge in [-0.2, -0.15) is 0 Å². The number of halogens is 1. The zero-order valence-electron chi connectivity index (χ0n) is 15.1. The monoisotopic (exact) mass is 382 g/mol. The van der Waals surface area contributed by atoms with Gasteiger partial charge in [-0.1, -0.05) is 48.0 Å². The first-order chi connectivity index (χ1) is 13.3. The minimum atomic E-state index is 0.520. The number of benzene rings is 2. The summed E-state index contributed by atoms with van der Waals surface area (Å²) in [5.41, 5.74) is 2.23. The van der Waals surface area contributed by atoms with Gasteiger partial charge < -0.3 is 14.8 Å². The predicted molar refractivity (Wildman–Crippen MR) is 108 cm³/mol. The summed E-state index contributed by atoms with van der Waals surface area (Å²) in [7, 11) is 0. The molecule has 0 saturated carbocycles. The van der Waals surface area contributed by atoms with Crippen LogP contribution >= 0.6 is 11.6 Å². The van der Waals surface area contributed by atoms with E-state index in [4.69, 9.17) is 21.1 Å². The Morgan fingerprint density at radius 3 is 2.52 bits per heavy atom. The molecule has 0 aliphatic rings.